The quantitative estimate of drug-likeness (QED) is 0.228. The summed E-state index contributed by atoms with van der Waals surface area (Å²) in [6, 6.07) is 0. The minimum atomic E-state index is 0. The van der Waals surface area contributed by atoms with E-state index >= 15 is 0 Å². The first kappa shape index (κ1) is 25.2. The van der Waals surface area contributed by atoms with E-state index in [0.29, 0.717) is 18.6 Å². The molecule has 7 nitrogen and oxygen atoms in total. The number of rotatable bonds is 10. The van der Waals surface area contributed by atoms with Crippen LogP contribution in [-0.2, 0) is 22.6 Å². The van der Waals surface area contributed by atoms with Gasteiger partial charge in [-0.05, 0) is 32.1 Å². The first-order valence-electron chi connectivity index (χ1n) is 10.3. The molecule has 0 radical (unpaired) electrons. The van der Waals surface area contributed by atoms with E-state index in [0.717, 1.165) is 70.4 Å². The number of imidazole rings is 1. The van der Waals surface area contributed by atoms with E-state index in [1.165, 1.54) is 0 Å². The minimum Gasteiger partial charge on any atom is -0.385 e. The lowest BCUT2D eigenvalue weighted by atomic mass is 10.1. The van der Waals surface area contributed by atoms with Gasteiger partial charge in [-0.25, -0.2) is 9.98 Å². The molecule has 0 unspecified atom stereocenters. The molecule has 1 aliphatic heterocycles. The molecule has 1 aliphatic rings. The second-order valence-corrected chi connectivity index (χ2v) is 7.46. The van der Waals surface area contributed by atoms with Gasteiger partial charge in [0, 0.05) is 58.9 Å². The average Bonchev–Trinajstić information content (AvgIpc) is 3.09. The number of aliphatic imine (C=N–C) groups is 1. The Kier molecular flexibility index (Phi) is 12.7. The monoisotopic (exact) mass is 507 g/mol. The van der Waals surface area contributed by atoms with Crippen LogP contribution in [-0.4, -0.2) is 66.5 Å². The lowest BCUT2D eigenvalue weighted by Gasteiger charge is -2.34. The molecule has 1 saturated heterocycles. The Morgan fingerprint density at radius 3 is 2.71 bits per heavy atom. The van der Waals surface area contributed by atoms with Crippen LogP contribution >= 0.6 is 24.0 Å². The molecule has 162 valence electrons. The number of guanidine groups is 1. The summed E-state index contributed by atoms with van der Waals surface area (Å²) in [7, 11) is 1.73. The van der Waals surface area contributed by atoms with Gasteiger partial charge in [0.05, 0.1) is 6.10 Å². The fourth-order valence-electron chi connectivity index (χ4n) is 3.31. The highest BCUT2D eigenvalue weighted by Gasteiger charge is 2.22. The van der Waals surface area contributed by atoms with E-state index in [-0.39, 0.29) is 24.0 Å². The molecule has 0 aromatic carbocycles. The summed E-state index contributed by atoms with van der Waals surface area (Å²) in [6.45, 7) is 12.5. The van der Waals surface area contributed by atoms with Crippen molar-refractivity contribution in [2.24, 2.45) is 10.9 Å². The summed E-state index contributed by atoms with van der Waals surface area (Å²) < 4.78 is 13.2. The van der Waals surface area contributed by atoms with Crippen molar-refractivity contribution >= 4 is 29.9 Å². The lowest BCUT2D eigenvalue weighted by Crippen LogP contribution is -2.47. The van der Waals surface area contributed by atoms with Crippen LogP contribution in [0.4, 0.5) is 0 Å². The van der Waals surface area contributed by atoms with Gasteiger partial charge in [-0.15, -0.1) is 24.0 Å². The zero-order valence-corrected chi connectivity index (χ0v) is 20.2. The highest BCUT2D eigenvalue weighted by atomic mass is 127. The van der Waals surface area contributed by atoms with Gasteiger partial charge in [-0.2, -0.15) is 0 Å². The molecule has 2 rings (SSSR count). The third-order valence-electron chi connectivity index (χ3n) is 4.66. The standard InChI is InChI=1S/C20H37N5O2.HI/c1-5-21-20(23-15-19-22-9-12-25(19)16-17(2)3)24-10-7-18(8-11-24)27-14-6-13-26-4;/h9,12,17-18H,5-8,10-11,13-16H2,1-4H3,(H,21,23);1H. The molecular formula is C20H38IN5O2. The van der Waals surface area contributed by atoms with Gasteiger partial charge in [-0.1, -0.05) is 13.8 Å². The predicted molar refractivity (Wildman–Crippen MR) is 124 cm³/mol. The molecule has 0 saturated carbocycles. The van der Waals surface area contributed by atoms with E-state index < -0.39 is 0 Å². The van der Waals surface area contributed by atoms with Crippen molar-refractivity contribution in [1.29, 1.82) is 0 Å². The number of ether oxygens (including phenoxy) is 2. The summed E-state index contributed by atoms with van der Waals surface area (Å²) in [5.74, 6) is 2.60. The molecule has 0 aliphatic carbocycles. The number of piperidine rings is 1. The van der Waals surface area contributed by atoms with Gasteiger partial charge in [0.25, 0.3) is 0 Å². The Morgan fingerprint density at radius 1 is 1.32 bits per heavy atom. The summed E-state index contributed by atoms with van der Waals surface area (Å²) in [5, 5.41) is 3.43. The van der Waals surface area contributed by atoms with E-state index in [2.05, 4.69) is 40.5 Å². The SMILES string of the molecule is CCNC(=NCc1nccn1CC(C)C)N1CCC(OCCCOC)CC1.I. The van der Waals surface area contributed by atoms with Crippen LogP contribution in [0.1, 0.15) is 45.9 Å². The molecule has 1 N–H and O–H groups in total. The topological polar surface area (TPSA) is 63.9 Å². The number of hydrogen-bond acceptors (Lipinski definition) is 4. The maximum Gasteiger partial charge on any atom is 0.194 e. The van der Waals surface area contributed by atoms with Gasteiger partial charge in [0.15, 0.2) is 5.96 Å². The van der Waals surface area contributed by atoms with Crippen molar-refractivity contribution in [3.8, 4) is 0 Å². The number of hydrogen-bond donors (Lipinski definition) is 1. The maximum absolute atomic E-state index is 5.96. The molecule has 1 aromatic rings. The molecule has 0 amide bonds. The van der Waals surface area contributed by atoms with Gasteiger partial charge < -0.3 is 24.3 Å². The summed E-state index contributed by atoms with van der Waals surface area (Å²) >= 11 is 0. The molecule has 0 bridgehead atoms. The molecule has 0 spiro atoms. The molecule has 2 heterocycles. The first-order valence-corrected chi connectivity index (χ1v) is 10.3. The minimum absolute atomic E-state index is 0. The Morgan fingerprint density at radius 2 is 2.07 bits per heavy atom. The van der Waals surface area contributed by atoms with Crippen LogP contribution in [0.25, 0.3) is 0 Å². The van der Waals surface area contributed by atoms with Crippen molar-refractivity contribution in [2.45, 2.75) is 59.2 Å². The predicted octanol–water partition coefficient (Wildman–Crippen LogP) is 3.14. The van der Waals surface area contributed by atoms with Crippen LogP contribution in [0, 0.1) is 5.92 Å². The van der Waals surface area contributed by atoms with E-state index in [1.54, 1.807) is 7.11 Å². The van der Waals surface area contributed by atoms with Gasteiger partial charge >= 0.3 is 0 Å². The maximum atomic E-state index is 5.96. The van der Waals surface area contributed by atoms with Crippen LogP contribution in [0.2, 0.25) is 0 Å². The summed E-state index contributed by atoms with van der Waals surface area (Å²) in [4.78, 5) is 11.7. The van der Waals surface area contributed by atoms with Crippen LogP contribution in [0.5, 0.6) is 0 Å². The van der Waals surface area contributed by atoms with E-state index in [9.17, 15) is 0 Å². The van der Waals surface area contributed by atoms with Crippen LogP contribution in [0.3, 0.4) is 0 Å². The molecule has 1 fully saturated rings. The Hall–Kier alpha value is -0.870. The van der Waals surface area contributed by atoms with E-state index in [1.807, 2.05) is 12.4 Å². The van der Waals surface area contributed by atoms with Crippen molar-refractivity contribution in [3.05, 3.63) is 18.2 Å². The van der Waals surface area contributed by atoms with Crippen molar-refractivity contribution < 1.29 is 9.47 Å². The summed E-state index contributed by atoms with van der Waals surface area (Å²) in [6.07, 6.45) is 7.31. The second kappa shape index (κ2) is 14.2. The van der Waals surface area contributed by atoms with Crippen LogP contribution in [0.15, 0.2) is 17.4 Å². The Labute approximate surface area is 187 Å². The molecule has 28 heavy (non-hydrogen) atoms. The van der Waals surface area contributed by atoms with Gasteiger partial charge in [0.1, 0.15) is 12.4 Å². The third kappa shape index (κ3) is 8.65. The molecular weight excluding hydrogens is 469 g/mol. The Bertz CT molecular complexity index is 557. The number of aromatic nitrogens is 2. The number of methoxy groups -OCH3 is 1. The average molecular weight is 507 g/mol. The van der Waals surface area contributed by atoms with Crippen molar-refractivity contribution in [3.63, 3.8) is 0 Å². The highest BCUT2D eigenvalue weighted by molar-refractivity contribution is 14.0. The first-order chi connectivity index (χ1) is 13.1. The number of nitrogens with one attached hydrogen (secondary N) is 1. The van der Waals surface area contributed by atoms with E-state index in [4.69, 9.17) is 14.5 Å². The fraction of sp³-hybridized carbons (Fsp3) is 0.800. The Balaban J connectivity index is 0.00000392. The normalized spacial score (nSPS) is 15.8. The number of nitrogens with zero attached hydrogens (tertiary/aromatic N) is 4. The largest absolute Gasteiger partial charge is 0.385 e. The smallest absolute Gasteiger partial charge is 0.194 e. The fourth-order valence-corrected chi connectivity index (χ4v) is 3.31. The molecule has 0 atom stereocenters. The van der Waals surface area contributed by atoms with Gasteiger partial charge in [0.2, 0.25) is 0 Å². The zero-order valence-electron chi connectivity index (χ0n) is 17.9. The zero-order chi connectivity index (χ0) is 19.5. The second-order valence-electron chi connectivity index (χ2n) is 7.46. The molecule has 1 aromatic heterocycles. The third-order valence-corrected chi connectivity index (χ3v) is 4.66. The van der Waals surface area contributed by atoms with Gasteiger partial charge in [-0.3, -0.25) is 0 Å². The highest BCUT2D eigenvalue weighted by Crippen LogP contribution is 2.15. The van der Waals surface area contributed by atoms with Crippen molar-refractivity contribution in [1.82, 2.24) is 19.8 Å². The number of likely N-dealkylation sites (tertiary alicyclic amines) is 1. The van der Waals surface area contributed by atoms with Crippen molar-refractivity contribution in [2.75, 3.05) is 40.0 Å². The summed E-state index contributed by atoms with van der Waals surface area (Å²) in [5.41, 5.74) is 0. The lowest BCUT2D eigenvalue weighted by molar-refractivity contribution is 0.00990. The van der Waals surface area contributed by atoms with Crippen LogP contribution < -0.4 is 5.32 Å². The molecule has 8 heteroatoms. The number of halogens is 1.